The van der Waals surface area contributed by atoms with E-state index >= 15 is 0 Å². The molecule has 2 rings (SSSR count). The Bertz CT molecular complexity index is 551. The number of hydrogen-bond donors (Lipinski definition) is 0. The zero-order valence-electron chi connectivity index (χ0n) is 8.45. The lowest BCUT2D eigenvalue weighted by Crippen LogP contribution is -2.09. The van der Waals surface area contributed by atoms with E-state index < -0.39 is 5.82 Å². The second kappa shape index (κ2) is 4.06. The van der Waals surface area contributed by atoms with Gasteiger partial charge in [0, 0.05) is 18.8 Å². The highest BCUT2D eigenvalue weighted by molar-refractivity contribution is 6.34. The minimum Gasteiger partial charge on any atom is -0.287 e. The van der Waals surface area contributed by atoms with Crippen molar-refractivity contribution in [3.05, 3.63) is 52.6 Å². The Morgan fingerprint density at radius 3 is 2.81 bits per heavy atom. The summed E-state index contributed by atoms with van der Waals surface area (Å²) >= 11 is 5.84. The van der Waals surface area contributed by atoms with E-state index in [4.69, 9.17) is 11.6 Å². The van der Waals surface area contributed by atoms with Crippen molar-refractivity contribution in [1.29, 1.82) is 0 Å². The molecule has 0 saturated carbocycles. The molecule has 0 saturated heterocycles. The van der Waals surface area contributed by atoms with Crippen molar-refractivity contribution in [2.75, 3.05) is 0 Å². The highest BCUT2D eigenvalue weighted by atomic mass is 35.5. The van der Waals surface area contributed by atoms with E-state index in [9.17, 15) is 9.18 Å². The maximum absolute atomic E-state index is 13.0. The van der Waals surface area contributed by atoms with Crippen molar-refractivity contribution in [2.24, 2.45) is 7.05 Å². The smallest absolute Gasteiger partial charge is 0.212 e. The van der Waals surface area contributed by atoms with Gasteiger partial charge in [0.15, 0.2) is 0 Å². The fraction of sp³-hybridized carbons (Fsp3) is 0.0909. The Kier molecular flexibility index (Phi) is 2.75. The van der Waals surface area contributed by atoms with Gasteiger partial charge in [-0.2, -0.15) is 5.10 Å². The maximum atomic E-state index is 13.0. The third-order valence-corrected chi connectivity index (χ3v) is 2.56. The number of halogens is 2. The first-order chi connectivity index (χ1) is 7.59. The minimum atomic E-state index is -0.491. The lowest BCUT2D eigenvalue weighted by Gasteiger charge is -2.03. The highest BCUT2D eigenvalue weighted by Gasteiger charge is 2.16. The predicted octanol–water partition coefficient (Wildman–Crippen LogP) is 2.44. The number of carbonyl (C=O) groups excluding carboxylic acids is 1. The number of aromatic nitrogens is 2. The lowest BCUT2D eigenvalue weighted by atomic mass is 10.1. The second-order valence-corrected chi connectivity index (χ2v) is 3.70. The van der Waals surface area contributed by atoms with Gasteiger partial charge in [-0.25, -0.2) is 4.39 Å². The van der Waals surface area contributed by atoms with E-state index in [0.29, 0.717) is 5.69 Å². The zero-order valence-corrected chi connectivity index (χ0v) is 9.20. The van der Waals surface area contributed by atoms with Crippen molar-refractivity contribution < 1.29 is 9.18 Å². The molecule has 1 aromatic carbocycles. The first kappa shape index (κ1) is 10.8. The van der Waals surface area contributed by atoms with Crippen LogP contribution in [-0.2, 0) is 7.05 Å². The average Bonchev–Trinajstić information content (AvgIpc) is 2.67. The molecule has 0 unspecified atom stereocenters. The normalized spacial score (nSPS) is 10.4. The van der Waals surface area contributed by atoms with Crippen LogP contribution in [0.15, 0.2) is 30.5 Å². The lowest BCUT2D eigenvalue weighted by molar-refractivity contribution is 0.103. The number of carbonyl (C=O) groups is 1. The van der Waals surface area contributed by atoms with Crippen LogP contribution in [0.1, 0.15) is 16.1 Å². The number of nitrogens with zero attached hydrogens (tertiary/aromatic N) is 2. The molecule has 1 heterocycles. The summed E-state index contributed by atoms with van der Waals surface area (Å²) in [5.41, 5.74) is 0.512. The van der Waals surface area contributed by atoms with Gasteiger partial charge in [-0.1, -0.05) is 11.6 Å². The van der Waals surface area contributed by atoms with Crippen LogP contribution in [0.2, 0.25) is 5.02 Å². The average molecular weight is 239 g/mol. The first-order valence-corrected chi connectivity index (χ1v) is 4.95. The van der Waals surface area contributed by atoms with Gasteiger partial charge in [0.2, 0.25) is 5.78 Å². The van der Waals surface area contributed by atoms with E-state index in [-0.39, 0.29) is 16.4 Å². The van der Waals surface area contributed by atoms with Crippen LogP contribution in [0, 0.1) is 5.82 Å². The van der Waals surface area contributed by atoms with E-state index in [1.165, 1.54) is 23.0 Å². The predicted molar refractivity (Wildman–Crippen MR) is 58.1 cm³/mol. The van der Waals surface area contributed by atoms with Crippen molar-refractivity contribution >= 4 is 17.4 Å². The summed E-state index contributed by atoms with van der Waals surface area (Å²) < 4.78 is 14.4. The molecule has 0 N–H and O–H groups in total. The Balaban J connectivity index is 2.49. The summed E-state index contributed by atoms with van der Waals surface area (Å²) in [6.07, 6.45) is 1.50. The third kappa shape index (κ3) is 1.84. The molecule has 0 fully saturated rings. The largest absolute Gasteiger partial charge is 0.287 e. The van der Waals surface area contributed by atoms with Gasteiger partial charge in [-0.3, -0.25) is 9.48 Å². The van der Waals surface area contributed by atoms with Crippen LogP contribution in [0.4, 0.5) is 4.39 Å². The summed E-state index contributed by atoms with van der Waals surface area (Å²) in [6, 6.07) is 5.25. The maximum Gasteiger partial charge on any atom is 0.212 e. The van der Waals surface area contributed by atoms with Gasteiger partial charge in [-0.15, -0.1) is 0 Å². The molecule has 1 aromatic heterocycles. The van der Waals surface area contributed by atoms with Gasteiger partial charge in [0.25, 0.3) is 0 Å². The van der Waals surface area contributed by atoms with Gasteiger partial charge in [-0.05, 0) is 24.3 Å². The van der Waals surface area contributed by atoms with Crippen molar-refractivity contribution in [1.82, 2.24) is 9.78 Å². The Labute approximate surface area is 96.5 Å². The van der Waals surface area contributed by atoms with Crippen molar-refractivity contribution in [2.45, 2.75) is 0 Å². The zero-order chi connectivity index (χ0) is 11.7. The van der Waals surface area contributed by atoms with Crippen LogP contribution in [0.25, 0.3) is 0 Å². The number of hydrogen-bond acceptors (Lipinski definition) is 2. The summed E-state index contributed by atoms with van der Waals surface area (Å²) in [5.74, 6) is -0.834. The van der Waals surface area contributed by atoms with Crippen LogP contribution in [0.5, 0.6) is 0 Å². The molecule has 0 aliphatic heterocycles. The highest BCUT2D eigenvalue weighted by Crippen LogP contribution is 2.20. The molecule has 0 atom stereocenters. The number of benzene rings is 1. The first-order valence-electron chi connectivity index (χ1n) is 4.57. The summed E-state index contributed by atoms with van der Waals surface area (Å²) in [5, 5.41) is 4.10. The Morgan fingerprint density at radius 1 is 1.44 bits per heavy atom. The molecular weight excluding hydrogens is 231 g/mol. The molecule has 5 heteroatoms. The minimum absolute atomic E-state index is 0.144. The number of rotatable bonds is 2. The molecule has 16 heavy (non-hydrogen) atoms. The second-order valence-electron chi connectivity index (χ2n) is 3.29. The van der Waals surface area contributed by atoms with Crippen LogP contribution in [0.3, 0.4) is 0 Å². The van der Waals surface area contributed by atoms with Crippen LogP contribution in [-0.4, -0.2) is 15.6 Å². The van der Waals surface area contributed by atoms with E-state index in [1.807, 2.05) is 0 Å². The molecule has 3 nitrogen and oxygen atoms in total. The Morgan fingerprint density at radius 2 is 2.19 bits per heavy atom. The summed E-state index contributed by atoms with van der Waals surface area (Å²) in [4.78, 5) is 12.0. The topological polar surface area (TPSA) is 34.9 Å². The van der Waals surface area contributed by atoms with E-state index in [0.717, 1.165) is 6.07 Å². The van der Waals surface area contributed by atoms with Gasteiger partial charge in [0.05, 0.1) is 5.02 Å². The summed E-state index contributed by atoms with van der Waals surface area (Å²) in [6.45, 7) is 0. The Hall–Kier alpha value is -1.68. The fourth-order valence-electron chi connectivity index (χ4n) is 1.41. The number of ketones is 1. The fourth-order valence-corrected chi connectivity index (χ4v) is 1.61. The van der Waals surface area contributed by atoms with Gasteiger partial charge in [0.1, 0.15) is 11.5 Å². The molecule has 0 spiro atoms. The van der Waals surface area contributed by atoms with Crippen LogP contribution < -0.4 is 0 Å². The molecule has 0 bridgehead atoms. The van der Waals surface area contributed by atoms with E-state index in [1.54, 1.807) is 13.1 Å². The van der Waals surface area contributed by atoms with Crippen molar-refractivity contribution in [3.63, 3.8) is 0 Å². The summed E-state index contributed by atoms with van der Waals surface area (Å²) in [7, 11) is 1.64. The monoisotopic (exact) mass is 238 g/mol. The standard InChI is InChI=1S/C11H8ClFN2O/c1-15-10(4-5-14-15)11(16)8-6-7(13)2-3-9(8)12/h2-6H,1H3. The molecule has 0 amide bonds. The molecule has 0 aliphatic rings. The van der Waals surface area contributed by atoms with E-state index in [2.05, 4.69) is 5.10 Å². The molecule has 2 aromatic rings. The number of aryl methyl sites for hydroxylation is 1. The van der Waals surface area contributed by atoms with Gasteiger partial charge >= 0.3 is 0 Å². The van der Waals surface area contributed by atoms with Crippen molar-refractivity contribution in [3.8, 4) is 0 Å². The SMILES string of the molecule is Cn1nccc1C(=O)c1cc(F)ccc1Cl. The van der Waals surface area contributed by atoms with Gasteiger partial charge < -0.3 is 0 Å². The van der Waals surface area contributed by atoms with Crippen LogP contribution >= 0.6 is 11.6 Å². The molecular formula is C11H8ClFN2O. The quantitative estimate of drug-likeness (QED) is 0.754. The molecule has 82 valence electrons. The third-order valence-electron chi connectivity index (χ3n) is 2.23. The molecule has 0 aliphatic carbocycles. The molecule has 0 radical (unpaired) electrons.